The smallest absolute Gasteiger partial charge is 0.161 e. The fourth-order valence-electron chi connectivity index (χ4n) is 3.23. The first-order valence-electron chi connectivity index (χ1n) is 8.57. The Hall–Kier alpha value is -1.52. The van der Waals surface area contributed by atoms with Crippen molar-refractivity contribution < 1.29 is 19.5 Å². The van der Waals surface area contributed by atoms with E-state index in [1.165, 1.54) is 24.2 Å². The van der Waals surface area contributed by atoms with Gasteiger partial charge in [0.2, 0.25) is 0 Å². The van der Waals surface area contributed by atoms with Crippen molar-refractivity contribution in [2.75, 3.05) is 26.8 Å². The van der Waals surface area contributed by atoms with E-state index in [1.54, 1.807) is 7.11 Å². The Morgan fingerprint density at radius 3 is 2.91 bits per heavy atom. The van der Waals surface area contributed by atoms with E-state index in [0.717, 1.165) is 25.1 Å². The summed E-state index contributed by atoms with van der Waals surface area (Å²) >= 11 is 0. The number of methoxy groups -OCH3 is 1. The van der Waals surface area contributed by atoms with Crippen molar-refractivity contribution in [1.82, 2.24) is 0 Å². The second kappa shape index (κ2) is 8.94. The lowest BCUT2D eigenvalue weighted by molar-refractivity contribution is -0.931. The second-order valence-corrected chi connectivity index (χ2v) is 6.45. The summed E-state index contributed by atoms with van der Waals surface area (Å²) in [5.74, 6) is 1.39. The molecule has 128 valence electrons. The molecule has 0 aliphatic carbocycles. The normalized spacial score (nSPS) is 22.4. The molecule has 1 heterocycles. The highest BCUT2D eigenvalue weighted by Gasteiger charge is 2.24. The van der Waals surface area contributed by atoms with Crippen LogP contribution >= 0.6 is 0 Å². The fraction of sp³-hybridized carbons (Fsp3) is 0.579. The average molecular weight is 320 g/mol. The molecule has 0 aromatic heterocycles. The monoisotopic (exact) mass is 320 g/mol. The van der Waals surface area contributed by atoms with Crippen LogP contribution in [-0.2, 0) is 6.42 Å². The molecule has 0 spiro atoms. The van der Waals surface area contributed by atoms with E-state index in [9.17, 15) is 5.11 Å². The van der Waals surface area contributed by atoms with Gasteiger partial charge in [0.05, 0.1) is 19.7 Å². The Balaban J connectivity index is 1.87. The first-order valence-corrected chi connectivity index (χ1v) is 8.57. The van der Waals surface area contributed by atoms with Crippen molar-refractivity contribution in [3.63, 3.8) is 0 Å². The molecule has 1 fully saturated rings. The van der Waals surface area contributed by atoms with E-state index < -0.39 is 6.10 Å². The number of likely N-dealkylation sites (tertiary alicyclic amines) is 1. The second-order valence-electron chi connectivity index (χ2n) is 6.45. The lowest BCUT2D eigenvalue weighted by Crippen LogP contribution is -3.17. The van der Waals surface area contributed by atoms with Gasteiger partial charge in [-0.1, -0.05) is 12.1 Å². The summed E-state index contributed by atoms with van der Waals surface area (Å²) in [6.07, 6.45) is 6.03. The van der Waals surface area contributed by atoms with Crippen LogP contribution in [0, 0.1) is 0 Å². The number of piperidine rings is 1. The van der Waals surface area contributed by atoms with Crippen LogP contribution in [0.5, 0.6) is 11.5 Å². The van der Waals surface area contributed by atoms with Gasteiger partial charge in [-0.3, -0.25) is 0 Å². The first-order chi connectivity index (χ1) is 11.1. The van der Waals surface area contributed by atoms with Crippen molar-refractivity contribution in [2.45, 2.75) is 44.8 Å². The van der Waals surface area contributed by atoms with Gasteiger partial charge in [0.25, 0.3) is 0 Å². The molecule has 3 atom stereocenters. The van der Waals surface area contributed by atoms with Crippen molar-refractivity contribution in [2.24, 2.45) is 0 Å². The Morgan fingerprint density at radius 1 is 1.39 bits per heavy atom. The van der Waals surface area contributed by atoms with E-state index in [0.29, 0.717) is 24.1 Å². The van der Waals surface area contributed by atoms with Crippen LogP contribution in [0.1, 0.15) is 31.7 Å². The van der Waals surface area contributed by atoms with Gasteiger partial charge in [-0.05, 0) is 50.3 Å². The molecule has 1 aromatic carbocycles. The maximum atomic E-state index is 10.3. The fourth-order valence-corrected chi connectivity index (χ4v) is 3.23. The number of quaternary nitrogens is 1. The number of benzene rings is 1. The van der Waals surface area contributed by atoms with Gasteiger partial charge in [0.1, 0.15) is 19.3 Å². The predicted molar refractivity (Wildman–Crippen MR) is 92.4 cm³/mol. The zero-order valence-corrected chi connectivity index (χ0v) is 14.4. The van der Waals surface area contributed by atoms with Crippen LogP contribution in [0.4, 0.5) is 0 Å². The topological polar surface area (TPSA) is 43.1 Å². The number of aliphatic hydroxyl groups is 1. The summed E-state index contributed by atoms with van der Waals surface area (Å²) < 4.78 is 11.2. The first kappa shape index (κ1) is 17.8. The van der Waals surface area contributed by atoms with Gasteiger partial charge in [-0.2, -0.15) is 0 Å². The molecule has 2 N–H and O–H groups in total. The highest BCUT2D eigenvalue weighted by molar-refractivity contribution is 5.43. The lowest BCUT2D eigenvalue weighted by atomic mass is 10.0. The molecular formula is C19H30NO3+. The summed E-state index contributed by atoms with van der Waals surface area (Å²) in [5.41, 5.74) is 1.14. The predicted octanol–water partition coefficient (Wildman–Crippen LogP) is 1.62. The van der Waals surface area contributed by atoms with Crippen molar-refractivity contribution in [3.8, 4) is 11.5 Å². The van der Waals surface area contributed by atoms with Crippen LogP contribution in [0.3, 0.4) is 0 Å². The number of ether oxygens (including phenoxy) is 2. The summed E-state index contributed by atoms with van der Waals surface area (Å²) in [6, 6.07) is 6.50. The SMILES string of the molecule is C=CCc1ccc(OC[C@@H](O)C[NH+]2CCCC[C@@H]2C)c(OC)c1. The molecule has 2 rings (SSSR count). The minimum absolute atomic E-state index is 0.299. The van der Waals surface area contributed by atoms with E-state index in [4.69, 9.17) is 9.47 Å². The summed E-state index contributed by atoms with van der Waals surface area (Å²) in [4.78, 5) is 1.49. The highest BCUT2D eigenvalue weighted by atomic mass is 16.5. The van der Waals surface area contributed by atoms with Gasteiger partial charge in [0.15, 0.2) is 11.5 Å². The molecule has 4 heteroatoms. The molecule has 1 saturated heterocycles. The number of aliphatic hydroxyl groups excluding tert-OH is 1. The molecule has 23 heavy (non-hydrogen) atoms. The molecular weight excluding hydrogens is 290 g/mol. The van der Waals surface area contributed by atoms with Crippen LogP contribution < -0.4 is 14.4 Å². The molecule has 0 saturated carbocycles. The van der Waals surface area contributed by atoms with Gasteiger partial charge in [-0.25, -0.2) is 0 Å². The highest BCUT2D eigenvalue weighted by Crippen LogP contribution is 2.28. The van der Waals surface area contributed by atoms with Crippen LogP contribution in [0.15, 0.2) is 30.9 Å². The van der Waals surface area contributed by atoms with E-state index >= 15 is 0 Å². The minimum Gasteiger partial charge on any atom is -0.493 e. The molecule has 1 aromatic rings. The summed E-state index contributed by atoms with van der Waals surface area (Å²) in [5, 5.41) is 10.3. The van der Waals surface area contributed by atoms with Crippen LogP contribution in [0.2, 0.25) is 0 Å². The molecule has 1 aliphatic rings. The Labute approximate surface area is 139 Å². The Morgan fingerprint density at radius 2 is 2.22 bits per heavy atom. The zero-order valence-electron chi connectivity index (χ0n) is 14.4. The average Bonchev–Trinajstić information content (AvgIpc) is 2.56. The van der Waals surface area contributed by atoms with E-state index in [1.807, 2.05) is 24.3 Å². The minimum atomic E-state index is -0.455. The van der Waals surface area contributed by atoms with Crippen molar-refractivity contribution in [1.29, 1.82) is 0 Å². The van der Waals surface area contributed by atoms with Gasteiger partial charge in [0, 0.05) is 0 Å². The molecule has 1 aliphatic heterocycles. The molecule has 0 amide bonds. The van der Waals surface area contributed by atoms with Gasteiger partial charge >= 0.3 is 0 Å². The number of nitrogens with one attached hydrogen (secondary N) is 1. The van der Waals surface area contributed by atoms with Crippen LogP contribution in [0.25, 0.3) is 0 Å². The Kier molecular flexibility index (Phi) is 6.93. The quantitative estimate of drug-likeness (QED) is 0.716. The van der Waals surface area contributed by atoms with E-state index in [-0.39, 0.29) is 0 Å². The Bertz CT molecular complexity index is 503. The third kappa shape index (κ3) is 5.26. The number of rotatable bonds is 8. The lowest BCUT2D eigenvalue weighted by Gasteiger charge is -2.31. The third-order valence-electron chi connectivity index (χ3n) is 4.62. The maximum Gasteiger partial charge on any atom is 0.161 e. The number of allylic oxidation sites excluding steroid dienone is 1. The molecule has 4 nitrogen and oxygen atoms in total. The molecule has 0 bridgehead atoms. The third-order valence-corrected chi connectivity index (χ3v) is 4.62. The molecule has 1 unspecified atom stereocenters. The van der Waals surface area contributed by atoms with Gasteiger partial charge < -0.3 is 19.5 Å². The van der Waals surface area contributed by atoms with Crippen molar-refractivity contribution >= 4 is 0 Å². The van der Waals surface area contributed by atoms with Gasteiger partial charge in [-0.15, -0.1) is 6.58 Å². The molecule has 0 radical (unpaired) electrons. The zero-order chi connectivity index (χ0) is 16.7. The van der Waals surface area contributed by atoms with E-state index in [2.05, 4.69) is 13.5 Å². The number of hydrogen-bond donors (Lipinski definition) is 2. The van der Waals surface area contributed by atoms with Crippen molar-refractivity contribution in [3.05, 3.63) is 36.4 Å². The number of hydrogen-bond acceptors (Lipinski definition) is 3. The largest absolute Gasteiger partial charge is 0.493 e. The standard InChI is InChI=1S/C19H29NO3/c1-4-7-16-9-10-18(19(12-16)22-3)23-14-17(21)13-20-11-6-5-8-15(20)2/h4,9-10,12,15,17,21H,1,5-8,11,13-14H2,2-3H3/p+1/t15-,17-/m0/s1. The summed E-state index contributed by atoms with van der Waals surface area (Å²) in [7, 11) is 1.63. The maximum absolute atomic E-state index is 10.3. The summed E-state index contributed by atoms with van der Waals surface area (Å²) in [6.45, 7) is 8.21. The van der Waals surface area contributed by atoms with Crippen LogP contribution in [-0.4, -0.2) is 44.1 Å².